The van der Waals surface area contributed by atoms with Crippen LogP contribution >= 0.6 is 27.7 Å². The molecule has 0 unspecified atom stereocenters. The molecule has 0 aliphatic carbocycles. The lowest BCUT2D eigenvalue weighted by molar-refractivity contribution is 0.225. The minimum Gasteiger partial charge on any atom is -0.448 e. The van der Waals surface area contributed by atoms with Crippen molar-refractivity contribution in [3.63, 3.8) is 0 Å². The maximum atomic E-state index is 6.42. The van der Waals surface area contributed by atoms with E-state index in [4.69, 9.17) is 9.72 Å². The number of unbranched alkanes of at least 4 members (excludes halogenated alkanes) is 2. The zero-order chi connectivity index (χ0) is 23.2. The molecule has 2 aromatic carbocycles. The largest absolute Gasteiger partial charge is 0.448 e. The van der Waals surface area contributed by atoms with Gasteiger partial charge >= 0.3 is 0 Å². The number of benzene rings is 2. The first-order valence-electron chi connectivity index (χ1n) is 11.6. The van der Waals surface area contributed by atoms with Gasteiger partial charge in [0.15, 0.2) is 11.9 Å². The maximum Gasteiger partial charge on any atom is 0.247 e. The Balaban J connectivity index is 1.66. The Kier molecular flexibility index (Phi) is 8.09. The van der Waals surface area contributed by atoms with Crippen LogP contribution in [-0.2, 0) is 0 Å². The lowest BCUT2D eigenvalue weighted by atomic mass is 10.1. The molecule has 1 aliphatic heterocycles. The van der Waals surface area contributed by atoms with Crippen LogP contribution < -0.4 is 15.0 Å². The number of nitrogens with zero attached hydrogens (tertiary/aromatic N) is 4. The van der Waals surface area contributed by atoms with Crippen LogP contribution in [0.15, 0.2) is 52.1 Å². The Bertz CT molecular complexity index is 1070. The number of ether oxygens (including phenoxy) is 1. The first-order chi connectivity index (χ1) is 16.1. The van der Waals surface area contributed by atoms with Gasteiger partial charge in [-0.1, -0.05) is 59.6 Å². The topological polar surface area (TPSA) is 63.2 Å². The van der Waals surface area contributed by atoms with Crippen LogP contribution in [0.4, 0.5) is 11.4 Å². The third kappa shape index (κ3) is 5.61. The van der Waals surface area contributed by atoms with Crippen LogP contribution in [0.5, 0.6) is 5.88 Å². The minimum atomic E-state index is -0.383. The first kappa shape index (κ1) is 23.8. The van der Waals surface area contributed by atoms with Crippen molar-refractivity contribution in [2.24, 2.45) is 0 Å². The van der Waals surface area contributed by atoms with Crippen molar-refractivity contribution < 1.29 is 4.74 Å². The van der Waals surface area contributed by atoms with Gasteiger partial charge in [0.05, 0.1) is 0 Å². The van der Waals surface area contributed by atoms with Crippen LogP contribution in [0.25, 0.3) is 11.3 Å². The number of thioether (sulfide) groups is 1. The standard InChI is InChI=1S/C25H30BrN5OS/c1-4-7-8-15-33-25-28-24-22(29-30-25)20-16-18(26)11-14-21(20)27-23(32-24)17-9-12-19(13-10-17)31(5-2)6-3/h9-14,16,23,27H,4-8,15H2,1-3H3/t23-/m0/s1. The molecule has 1 aromatic heterocycles. The Morgan fingerprint density at radius 3 is 2.55 bits per heavy atom. The number of hydrogen-bond acceptors (Lipinski definition) is 7. The predicted octanol–water partition coefficient (Wildman–Crippen LogP) is 6.93. The Morgan fingerprint density at radius 1 is 1.03 bits per heavy atom. The zero-order valence-electron chi connectivity index (χ0n) is 19.3. The average Bonchev–Trinajstić information content (AvgIpc) is 2.99. The van der Waals surface area contributed by atoms with Gasteiger partial charge in [0.1, 0.15) is 0 Å². The summed E-state index contributed by atoms with van der Waals surface area (Å²) in [6.45, 7) is 8.50. The van der Waals surface area contributed by atoms with Gasteiger partial charge < -0.3 is 15.0 Å². The summed E-state index contributed by atoms with van der Waals surface area (Å²) in [6, 6.07) is 14.6. The van der Waals surface area contributed by atoms with Crippen LogP contribution in [0, 0.1) is 0 Å². The van der Waals surface area contributed by atoms with Gasteiger partial charge in [-0.3, -0.25) is 0 Å². The highest BCUT2D eigenvalue weighted by Gasteiger charge is 2.26. The van der Waals surface area contributed by atoms with Crippen molar-refractivity contribution in [2.45, 2.75) is 51.4 Å². The quantitative estimate of drug-likeness (QED) is 0.239. The van der Waals surface area contributed by atoms with E-state index in [9.17, 15) is 0 Å². The van der Waals surface area contributed by atoms with Gasteiger partial charge in [-0.25, -0.2) is 0 Å². The van der Waals surface area contributed by atoms with E-state index in [0.717, 1.165) is 46.6 Å². The second-order valence-electron chi connectivity index (χ2n) is 7.90. The molecule has 174 valence electrons. The fraction of sp³-hybridized carbons (Fsp3) is 0.400. The monoisotopic (exact) mass is 527 g/mol. The SMILES string of the molecule is CCCCCSc1nnc2c(n1)O[C@@H](c1ccc(N(CC)CC)cc1)Nc1ccc(Br)cc1-2. The van der Waals surface area contributed by atoms with E-state index < -0.39 is 0 Å². The van der Waals surface area contributed by atoms with Crippen molar-refractivity contribution in [1.82, 2.24) is 15.2 Å². The van der Waals surface area contributed by atoms with Crippen molar-refractivity contribution in [3.8, 4) is 17.1 Å². The highest BCUT2D eigenvalue weighted by molar-refractivity contribution is 9.10. The average molecular weight is 529 g/mol. The molecular formula is C25H30BrN5OS. The van der Waals surface area contributed by atoms with E-state index in [1.54, 1.807) is 11.8 Å². The van der Waals surface area contributed by atoms with E-state index in [1.807, 2.05) is 18.2 Å². The summed E-state index contributed by atoms with van der Waals surface area (Å²) in [6.07, 6.45) is 3.16. The summed E-state index contributed by atoms with van der Waals surface area (Å²) in [4.78, 5) is 7.08. The summed E-state index contributed by atoms with van der Waals surface area (Å²) >= 11 is 5.21. The number of fused-ring (bicyclic) bond motifs is 3. The molecule has 8 heteroatoms. The van der Waals surface area contributed by atoms with E-state index in [2.05, 4.69) is 81.4 Å². The van der Waals surface area contributed by atoms with Crippen LogP contribution in [0.1, 0.15) is 51.8 Å². The number of aromatic nitrogens is 3. The molecule has 1 N–H and O–H groups in total. The summed E-state index contributed by atoms with van der Waals surface area (Å²) in [5, 5.41) is 13.1. The molecule has 0 radical (unpaired) electrons. The van der Waals surface area contributed by atoms with E-state index >= 15 is 0 Å². The predicted molar refractivity (Wildman–Crippen MR) is 140 cm³/mol. The molecule has 1 aliphatic rings. The second-order valence-corrected chi connectivity index (χ2v) is 9.88. The second kappa shape index (κ2) is 11.2. The molecule has 0 saturated heterocycles. The van der Waals surface area contributed by atoms with Crippen molar-refractivity contribution in [3.05, 3.63) is 52.5 Å². The third-order valence-electron chi connectivity index (χ3n) is 5.69. The van der Waals surface area contributed by atoms with Crippen LogP contribution in [0.3, 0.4) is 0 Å². The molecular weight excluding hydrogens is 498 g/mol. The van der Waals surface area contributed by atoms with E-state index in [1.165, 1.54) is 18.5 Å². The number of nitrogens with one attached hydrogen (secondary N) is 1. The maximum absolute atomic E-state index is 6.42. The van der Waals surface area contributed by atoms with Gasteiger partial charge in [-0.2, -0.15) is 4.98 Å². The van der Waals surface area contributed by atoms with Crippen LogP contribution in [-0.4, -0.2) is 34.0 Å². The fourth-order valence-electron chi connectivity index (χ4n) is 3.85. The molecule has 0 bridgehead atoms. The lowest BCUT2D eigenvalue weighted by Gasteiger charge is -2.23. The Hall–Kier alpha value is -2.32. The van der Waals surface area contributed by atoms with Gasteiger partial charge in [-0.05, 0) is 50.6 Å². The highest BCUT2D eigenvalue weighted by atomic mass is 79.9. The number of anilines is 2. The molecule has 2 heterocycles. The van der Waals surface area contributed by atoms with Gasteiger partial charge in [-0.15, -0.1) is 10.2 Å². The molecule has 0 spiro atoms. The molecule has 4 rings (SSSR count). The van der Waals surface area contributed by atoms with Crippen molar-refractivity contribution >= 4 is 39.1 Å². The molecule has 33 heavy (non-hydrogen) atoms. The highest BCUT2D eigenvalue weighted by Crippen LogP contribution is 2.41. The van der Waals surface area contributed by atoms with E-state index in [0.29, 0.717) is 16.7 Å². The van der Waals surface area contributed by atoms with Gasteiger partial charge in [0.2, 0.25) is 11.0 Å². The molecule has 0 saturated carbocycles. The minimum absolute atomic E-state index is 0.383. The van der Waals surface area contributed by atoms with Crippen molar-refractivity contribution in [1.29, 1.82) is 0 Å². The molecule has 3 aromatic rings. The van der Waals surface area contributed by atoms with Crippen molar-refractivity contribution in [2.75, 3.05) is 29.1 Å². The third-order valence-corrected chi connectivity index (χ3v) is 7.11. The zero-order valence-corrected chi connectivity index (χ0v) is 21.7. The summed E-state index contributed by atoms with van der Waals surface area (Å²) in [5.74, 6) is 1.48. The summed E-state index contributed by atoms with van der Waals surface area (Å²) in [7, 11) is 0. The summed E-state index contributed by atoms with van der Waals surface area (Å²) in [5.41, 5.74) is 4.75. The molecule has 0 amide bonds. The molecule has 0 fully saturated rings. The number of rotatable bonds is 9. The molecule has 1 atom stereocenters. The lowest BCUT2D eigenvalue weighted by Crippen LogP contribution is -2.22. The smallest absolute Gasteiger partial charge is 0.247 e. The molecule has 6 nitrogen and oxygen atoms in total. The number of hydrogen-bond donors (Lipinski definition) is 1. The normalized spacial score (nSPS) is 14.5. The first-order valence-corrected chi connectivity index (χ1v) is 13.4. The Labute approximate surface area is 208 Å². The summed E-state index contributed by atoms with van der Waals surface area (Å²) < 4.78 is 7.39. The number of halogens is 1. The van der Waals surface area contributed by atoms with E-state index in [-0.39, 0.29) is 6.23 Å². The van der Waals surface area contributed by atoms with Gasteiger partial charge in [0.25, 0.3) is 0 Å². The fourth-order valence-corrected chi connectivity index (χ4v) is 4.98. The van der Waals surface area contributed by atoms with Gasteiger partial charge in [0, 0.05) is 45.8 Å². The van der Waals surface area contributed by atoms with Crippen LogP contribution in [0.2, 0.25) is 0 Å². The Morgan fingerprint density at radius 2 is 1.82 bits per heavy atom.